The van der Waals surface area contributed by atoms with E-state index in [1.165, 1.54) is 17.2 Å². The lowest BCUT2D eigenvalue weighted by Gasteiger charge is -2.16. The van der Waals surface area contributed by atoms with Gasteiger partial charge in [-0.1, -0.05) is 0 Å². The first-order chi connectivity index (χ1) is 14.8. The quantitative estimate of drug-likeness (QED) is 0.145. The number of nitrogens with zero attached hydrogens (tertiary/aromatic N) is 4. The van der Waals surface area contributed by atoms with E-state index in [4.69, 9.17) is 40.6 Å². The molecule has 17 heteroatoms. The number of aliphatic carboxylic acids is 1. The molecule has 9 N–H and O–H groups in total. The number of phosphoric acid groups is 1. The number of hydrogen-bond acceptors (Lipinski definition) is 11. The molecule has 15 nitrogen and oxygen atoms in total. The van der Waals surface area contributed by atoms with Gasteiger partial charge in [0.05, 0.1) is 12.6 Å². The van der Waals surface area contributed by atoms with Crippen molar-refractivity contribution in [2.75, 3.05) is 23.5 Å². The lowest BCUT2D eigenvalue weighted by atomic mass is 10.1. The summed E-state index contributed by atoms with van der Waals surface area (Å²) in [5.41, 5.74) is 12.1. The predicted molar refractivity (Wildman–Crippen MR) is 111 cm³/mol. The first kappa shape index (κ1) is 26.4. The van der Waals surface area contributed by atoms with E-state index in [1.54, 1.807) is 0 Å². The van der Waals surface area contributed by atoms with Crippen molar-refractivity contribution >= 4 is 41.7 Å². The van der Waals surface area contributed by atoms with Crippen molar-refractivity contribution in [3.8, 4) is 0 Å². The highest BCUT2D eigenvalue weighted by Crippen LogP contribution is 2.32. The van der Waals surface area contributed by atoms with Crippen molar-refractivity contribution in [2.45, 2.75) is 37.0 Å². The number of anilines is 1. The van der Waals surface area contributed by atoms with Crippen LogP contribution in [0.4, 0.5) is 5.82 Å². The first-order valence-electron chi connectivity index (χ1n) is 9.08. The van der Waals surface area contributed by atoms with Crippen LogP contribution in [0.2, 0.25) is 0 Å². The molecule has 1 aliphatic rings. The smallest absolute Gasteiger partial charge is 0.320 e. The van der Waals surface area contributed by atoms with Gasteiger partial charge in [0.1, 0.15) is 47.7 Å². The van der Waals surface area contributed by atoms with E-state index in [2.05, 4.69) is 15.0 Å². The summed E-state index contributed by atoms with van der Waals surface area (Å²) in [5, 5.41) is 29.7. The van der Waals surface area contributed by atoms with Gasteiger partial charge in [0, 0.05) is 6.42 Å². The second-order valence-electron chi connectivity index (χ2n) is 7.01. The van der Waals surface area contributed by atoms with Gasteiger partial charge in [-0.3, -0.25) is 13.9 Å². The van der Waals surface area contributed by atoms with Crippen molar-refractivity contribution in [3.05, 3.63) is 12.7 Å². The van der Waals surface area contributed by atoms with Crippen LogP contribution in [0.25, 0.3) is 11.2 Å². The highest BCUT2D eigenvalue weighted by Gasteiger charge is 2.46. The number of imidazole rings is 1. The monoisotopic (exact) mass is 496 g/mol. The molecule has 2 aromatic rings. The molecule has 1 unspecified atom stereocenters. The van der Waals surface area contributed by atoms with E-state index in [-0.39, 0.29) is 16.7 Å². The molecule has 0 aromatic carbocycles. The molecule has 0 bridgehead atoms. The Labute approximate surface area is 184 Å². The zero-order chi connectivity index (χ0) is 24.2. The number of fused-ring (bicyclic) bond motifs is 1. The number of ether oxygens (including phenoxy) is 1. The number of carboxylic acid groups (broad SMARTS) is 1. The Morgan fingerprint density at radius 1 is 1.34 bits per heavy atom. The molecule has 0 radical (unpaired) electrons. The maximum Gasteiger partial charge on any atom is 0.320 e. The minimum Gasteiger partial charge on any atom is -0.756 e. The summed E-state index contributed by atoms with van der Waals surface area (Å²) in [4.78, 5) is 45.9. The Morgan fingerprint density at radius 3 is 2.56 bits per heavy atom. The minimum absolute atomic E-state index is 0.216. The van der Waals surface area contributed by atoms with Crippen molar-refractivity contribution < 1.29 is 44.1 Å². The molecular weight excluding hydrogens is 471 g/mol. The fraction of sp³-hybridized carbons (Fsp3) is 0.600. The molecule has 1 aliphatic heterocycles. The Morgan fingerprint density at radius 2 is 1.97 bits per heavy atom. The van der Waals surface area contributed by atoms with Crippen LogP contribution in [-0.2, 0) is 25.0 Å². The van der Waals surface area contributed by atoms with E-state index in [0.717, 1.165) is 0 Å². The Kier molecular flexibility index (Phi) is 8.92. The van der Waals surface area contributed by atoms with Crippen molar-refractivity contribution in [1.82, 2.24) is 19.5 Å². The van der Waals surface area contributed by atoms with Crippen molar-refractivity contribution in [1.29, 1.82) is 0 Å². The van der Waals surface area contributed by atoms with E-state index >= 15 is 0 Å². The van der Waals surface area contributed by atoms with Crippen LogP contribution in [0.1, 0.15) is 12.6 Å². The molecular formula is C15H25N6O9PS. The number of carbonyl (C=O) groups is 1. The summed E-state index contributed by atoms with van der Waals surface area (Å²) in [6, 6.07) is -0.907. The molecule has 3 heterocycles. The van der Waals surface area contributed by atoms with Gasteiger partial charge < -0.3 is 46.2 Å². The largest absolute Gasteiger partial charge is 0.756 e. The minimum atomic E-state index is -4.89. The number of aromatic nitrogens is 4. The van der Waals surface area contributed by atoms with E-state index in [0.29, 0.717) is 29.1 Å². The summed E-state index contributed by atoms with van der Waals surface area (Å²) in [7, 11) is -5.12. The van der Waals surface area contributed by atoms with E-state index in [1.807, 2.05) is 6.26 Å². The van der Waals surface area contributed by atoms with Crippen LogP contribution in [0.15, 0.2) is 12.7 Å². The number of aliphatic hydroxyl groups excluding tert-OH is 2. The van der Waals surface area contributed by atoms with Crippen LogP contribution in [-0.4, -0.2) is 92.7 Å². The molecule has 180 valence electrons. The zero-order valence-corrected chi connectivity index (χ0v) is 18.5. The molecule has 32 heavy (non-hydrogen) atoms. The summed E-state index contributed by atoms with van der Waals surface area (Å²) in [5.74, 6) is 0.254. The maximum atomic E-state index is 10.8. The van der Waals surface area contributed by atoms with Gasteiger partial charge >= 0.3 is 5.97 Å². The van der Waals surface area contributed by atoms with Crippen molar-refractivity contribution in [3.63, 3.8) is 0 Å². The molecule has 2 aromatic heterocycles. The van der Waals surface area contributed by atoms with Crippen LogP contribution < -0.4 is 16.4 Å². The van der Waals surface area contributed by atoms with Gasteiger partial charge in [0.15, 0.2) is 17.7 Å². The zero-order valence-electron chi connectivity index (χ0n) is 16.8. The second-order valence-corrected chi connectivity index (χ2v) is 10.3. The fourth-order valence-electron chi connectivity index (χ4n) is 2.97. The van der Waals surface area contributed by atoms with Gasteiger partial charge in [-0.25, -0.2) is 15.0 Å². The van der Waals surface area contributed by atoms with Gasteiger partial charge in [-0.05, 0) is 10.9 Å². The highest BCUT2D eigenvalue weighted by molar-refractivity contribution is 7.96. The molecule has 1 fully saturated rings. The fourth-order valence-corrected chi connectivity index (χ4v) is 4.63. The van der Waals surface area contributed by atoms with Crippen LogP contribution in [0.5, 0.6) is 0 Å². The van der Waals surface area contributed by atoms with E-state index in [9.17, 15) is 15.0 Å². The average Bonchev–Trinajstić information content (AvgIpc) is 3.22. The maximum absolute atomic E-state index is 10.8. The Balaban J connectivity index is 0.000000654. The summed E-state index contributed by atoms with van der Waals surface area (Å²) < 4.78 is 16.2. The number of nitrogens with two attached hydrogens (primary N) is 2. The first-order valence-corrected chi connectivity index (χ1v) is 12.6. The molecule has 0 aliphatic carbocycles. The number of nitrogen functional groups attached to an aromatic ring is 1. The summed E-state index contributed by atoms with van der Waals surface area (Å²) in [6.07, 6.45) is 1.31. The summed E-state index contributed by atoms with van der Waals surface area (Å²) in [6.45, 7) is 0. The van der Waals surface area contributed by atoms with Gasteiger partial charge in [-0.2, -0.15) is 0 Å². The summed E-state index contributed by atoms with van der Waals surface area (Å²) >= 11 is 0. The van der Waals surface area contributed by atoms with Crippen LogP contribution in [0, 0.1) is 0 Å². The normalized spacial score (nSPS) is 25.2. The second kappa shape index (κ2) is 10.8. The molecule has 0 saturated carbocycles. The Hall–Kier alpha value is -1.88. The number of carboxylic acids is 1. The third-order valence-electron chi connectivity index (χ3n) is 4.54. The predicted octanol–water partition coefficient (Wildman–Crippen LogP) is -3.48. The van der Waals surface area contributed by atoms with Gasteiger partial charge in [-0.15, -0.1) is 0 Å². The molecule has 0 amide bonds. The van der Waals surface area contributed by atoms with E-state index < -0.39 is 44.4 Å². The number of aliphatic hydroxyl groups is 2. The van der Waals surface area contributed by atoms with Gasteiger partial charge in [0.2, 0.25) is 0 Å². The molecule has 6 atom stereocenters. The lowest BCUT2D eigenvalue weighted by molar-refractivity contribution is -0.214. The van der Waals surface area contributed by atoms with Crippen molar-refractivity contribution in [2.24, 2.45) is 5.73 Å². The SMILES string of the molecule is C[S+](CC[C@H](N)C(=O)O)C[C@H]1O[C@@H](n2cnc3c(N)ncnc32)[C@H](O)[C@@H]1O.O=P([O-])(O)O. The van der Waals surface area contributed by atoms with Crippen LogP contribution >= 0.6 is 7.82 Å². The number of rotatable bonds is 7. The Bertz CT molecular complexity index is 966. The standard InChI is InChI=1S/C15H22N6O5S.H3O4P/c1-27(3-2-7(16)15(24)25)4-8-10(22)11(23)14(26-8)21-6-20-9-12(17)18-5-19-13(9)21;1-5(2,3)4/h5-8,10-11,14,22-23H,2-4,16H2,1H3,(H2-,17,18,19,24,25);(H3,1,2,3,4)/t7-,8+,10+,11+,14+,27?;/m0./s1. The highest BCUT2D eigenvalue weighted by atomic mass is 32.2. The average molecular weight is 496 g/mol. The molecule has 1 saturated heterocycles. The number of hydrogen-bond donors (Lipinski definition) is 7. The van der Waals surface area contributed by atoms with Crippen LogP contribution in [0.3, 0.4) is 0 Å². The third-order valence-corrected chi connectivity index (χ3v) is 6.37. The third kappa shape index (κ3) is 7.06. The lowest BCUT2D eigenvalue weighted by Crippen LogP contribution is -2.37. The molecule has 3 rings (SSSR count). The topological polar surface area (TPSA) is 263 Å². The van der Waals surface area contributed by atoms with Gasteiger partial charge in [0.25, 0.3) is 7.82 Å². The molecule has 0 spiro atoms.